The van der Waals surface area contributed by atoms with E-state index in [-0.39, 0.29) is 6.03 Å². The average molecular weight is 282 g/mol. The molecule has 1 aliphatic heterocycles. The Morgan fingerprint density at radius 1 is 1.10 bits per heavy atom. The zero-order valence-corrected chi connectivity index (χ0v) is 13.1. The Balaban J connectivity index is 1.63. The molecule has 0 aromatic carbocycles. The molecule has 0 atom stereocenters. The number of carbonyl (C=O) groups excluding carboxylic acids is 1. The number of hydrogen-bond acceptors (Lipinski definition) is 2. The molecule has 20 heavy (non-hydrogen) atoms. The highest BCUT2D eigenvalue weighted by molar-refractivity contribution is 5.74. The molecule has 0 bridgehead atoms. The number of piperidine rings is 1. The summed E-state index contributed by atoms with van der Waals surface area (Å²) in [6.45, 7) is 4.80. The van der Waals surface area contributed by atoms with Gasteiger partial charge in [-0.05, 0) is 37.5 Å². The minimum Gasteiger partial charge on any atom is -0.381 e. The van der Waals surface area contributed by atoms with Crippen molar-refractivity contribution in [3.8, 4) is 0 Å². The van der Waals surface area contributed by atoms with Crippen molar-refractivity contribution in [3.05, 3.63) is 0 Å². The molecule has 0 unspecified atom stereocenters. The van der Waals surface area contributed by atoms with Gasteiger partial charge < -0.3 is 15.0 Å². The number of methoxy groups -OCH3 is 1. The molecular weight excluding hydrogens is 252 g/mol. The summed E-state index contributed by atoms with van der Waals surface area (Å²) in [7, 11) is 1.76. The maximum atomic E-state index is 12.1. The SMILES string of the molecule is CCC1CCC(CNC(=O)N2CCC(OC)CC2)CC1. The van der Waals surface area contributed by atoms with Crippen LogP contribution < -0.4 is 5.32 Å². The van der Waals surface area contributed by atoms with E-state index in [9.17, 15) is 4.79 Å². The lowest BCUT2D eigenvalue weighted by Gasteiger charge is -2.32. The number of nitrogens with zero attached hydrogens (tertiary/aromatic N) is 1. The van der Waals surface area contributed by atoms with E-state index in [0.29, 0.717) is 12.0 Å². The van der Waals surface area contributed by atoms with Gasteiger partial charge in [0.05, 0.1) is 6.10 Å². The van der Waals surface area contributed by atoms with Crippen molar-refractivity contribution in [2.75, 3.05) is 26.7 Å². The van der Waals surface area contributed by atoms with E-state index in [1.807, 2.05) is 4.90 Å². The number of likely N-dealkylation sites (tertiary alicyclic amines) is 1. The van der Waals surface area contributed by atoms with Gasteiger partial charge in [-0.2, -0.15) is 0 Å². The molecule has 2 amide bonds. The Kier molecular flexibility index (Phi) is 6.14. The Morgan fingerprint density at radius 3 is 2.25 bits per heavy atom. The summed E-state index contributed by atoms with van der Waals surface area (Å²) in [4.78, 5) is 14.1. The van der Waals surface area contributed by atoms with Crippen LogP contribution in [0.2, 0.25) is 0 Å². The van der Waals surface area contributed by atoms with E-state index >= 15 is 0 Å². The summed E-state index contributed by atoms with van der Waals surface area (Å²) in [5.74, 6) is 1.62. The molecule has 2 fully saturated rings. The molecule has 4 nitrogen and oxygen atoms in total. The molecule has 2 rings (SSSR count). The molecule has 1 saturated carbocycles. The van der Waals surface area contributed by atoms with Gasteiger partial charge in [0.25, 0.3) is 0 Å². The number of rotatable bonds is 4. The van der Waals surface area contributed by atoms with Gasteiger partial charge in [-0.25, -0.2) is 4.79 Å². The van der Waals surface area contributed by atoms with Crippen LogP contribution in [0.15, 0.2) is 0 Å². The van der Waals surface area contributed by atoms with E-state index in [4.69, 9.17) is 4.74 Å². The predicted molar refractivity (Wildman–Crippen MR) is 80.7 cm³/mol. The van der Waals surface area contributed by atoms with Gasteiger partial charge in [-0.15, -0.1) is 0 Å². The number of hydrogen-bond donors (Lipinski definition) is 1. The van der Waals surface area contributed by atoms with Gasteiger partial charge in [-0.1, -0.05) is 26.2 Å². The monoisotopic (exact) mass is 282 g/mol. The molecule has 1 aliphatic carbocycles. The summed E-state index contributed by atoms with van der Waals surface area (Å²) < 4.78 is 5.34. The molecular formula is C16H30N2O2. The van der Waals surface area contributed by atoms with E-state index in [1.165, 1.54) is 32.1 Å². The van der Waals surface area contributed by atoms with Crippen molar-refractivity contribution in [1.82, 2.24) is 10.2 Å². The van der Waals surface area contributed by atoms with Crippen molar-refractivity contribution in [1.29, 1.82) is 0 Å². The first-order chi connectivity index (χ1) is 9.72. The smallest absolute Gasteiger partial charge is 0.317 e. The average Bonchev–Trinajstić information content (AvgIpc) is 2.53. The Hall–Kier alpha value is -0.770. The third-order valence-corrected chi connectivity index (χ3v) is 5.15. The highest BCUT2D eigenvalue weighted by atomic mass is 16.5. The molecule has 0 aromatic heterocycles. The second kappa shape index (κ2) is 7.87. The Labute approximate surface area is 123 Å². The lowest BCUT2D eigenvalue weighted by Crippen LogP contribution is -2.47. The van der Waals surface area contributed by atoms with Crippen molar-refractivity contribution < 1.29 is 9.53 Å². The molecule has 4 heteroatoms. The van der Waals surface area contributed by atoms with Crippen LogP contribution in [0.1, 0.15) is 51.9 Å². The van der Waals surface area contributed by atoms with Crippen LogP contribution >= 0.6 is 0 Å². The van der Waals surface area contributed by atoms with E-state index < -0.39 is 0 Å². The van der Waals surface area contributed by atoms with Crippen LogP contribution in [-0.2, 0) is 4.74 Å². The normalized spacial score (nSPS) is 28.4. The summed E-state index contributed by atoms with van der Waals surface area (Å²) in [5.41, 5.74) is 0. The quantitative estimate of drug-likeness (QED) is 0.861. The van der Waals surface area contributed by atoms with Gasteiger partial charge in [0.1, 0.15) is 0 Å². The maximum Gasteiger partial charge on any atom is 0.317 e. The van der Waals surface area contributed by atoms with Gasteiger partial charge in [0, 0.05) is 26.7 Å². The molecule has 0 aromatic rings. The fraction of sp³-hybridized carbons (Fsp3) is 0.938. The first kappa shape index (κ1) is 15.6. The fourth-order valence-corrected chi connectivity index (χ4v) is 3.48. The predicted octanol–water partition coefficient (Wildman–Crippen LogP) is 3.02. The van der Waals surface area contributed by atoms with E-state index in [2.05, 4.69) is 12.2 Å². The van der Waals surface area contributed by atoms with Crippen LogP contribution in [-0.4, -0.2) is 43.8 Å². The topological polar surface area (TPSA) is 41.6 Å². The molecule has 1 N–H and O–H groups in total. The first-order valence-corrected chi connectivity index (χ1v) is 8.28. The highest BCUT2D eigenvalue weighted by Gasteiger charge is 2.24. The second-order valence-corrected chi connectivity index (χ2v) is 6.40. The van der Waals surface area contributed by atoms with Gasteiger partial charge in [-0.3, -0.25) is 0 Å². The number of amides is 2. The van der Waals surface area contributed by atoms with E-state index in [1.54, 1.807) is 7.11 Å². The Morgan fingerprint density at radius 2 is 1.70 bits per heavy atom. The third kappa shape index (κ3) is 4.37. The number of nitrogens with one attached hydrogen (secondary N) is 1. The lowest BCUT2D eigenvalue weighted by molar-refractivity contribution is 0.0501. The minimum absolute atomic E-state index is 0.122. The molecule has 1 heterocycles. The number of carbonyl (C=O) groups is 1. The molecule has 116 valence electrons. The van der Waals surface area contributed by atoms with Crippen LogP contribution in [0.5, 0.6) is 0 Å². The first-order valence-electron chi connectivity index (χ1n) is 8.28. The summed E-state index contributed by atoms with van der Waals surface area (Å²) >= 11 is 0. The van der Waals surface area contributed by atoms with Crippen molar-refractivity contribution in [2.24, 2.45) is 11.8 Å². The zero-order chi connectivity index (χ0) is 14.4. The van der Waals surface area contributed by atoms with Crippen LogP contribution in [0.4, 0.5) is 4.79 Å². The van der Waals surface area contributed by atoms with Gasteiger partial charge >= 0.3 is 6.03 Å². The Bertz CT molecular complexity index is 293. The molecule has 1 saturated heterocycles. The number of urea groups is 1. The molecule has 0 radical (unpaired) electrons. The molecule has 2 aliphatic rings. The number of ether oxygens (including phenoxy) is 1. The van der Waals surface area contributed by atoms with Gasteiger partial charge in [0.15, 0.2) is 0 Å². The van der Waals surface area contributed by atoms with Crippen molar-refractivity contribution >= 4 is 6.03 Å². The highest BCUT2D eigenvalue weighted by Crippen LogP contribution is 2.30. The summed E-state index contributed by atoms with van der Waals surface area (Å²) in [6, 6.07) is 0.122. The summed E-state index contributed by atoms with van der Waals surface area (Å²) in [5, 5.41) is 3.13. The maximum absolute atomic E-state index is 12.1. The van der Waals surface area contributed by atoms with Crippen molar-refractivity contribution in [2.45, 2.75) is 58.0 Å². The van der Waals surface area contributed by atoms with Crippen LogP contribution in [0.25, 0.3) is 0 Å². The molecule has 0 spiro atoms. The van der Waals surface area contributed by atoms with Crippen LogP contribution in [0.3, 0.4) is 0 Å². The van der Waals surface area contributed by atoms with E-state index in [0.717, 1.165) is 38.4 Å². The second-order valence-electron chi connectivity index (χ2n) is 6.40. The zero-order valence-electron chi connectivity index (χ0n) is 13.1. The third-order valence-electron chi connectivity index (χ3n) is 5.15. The minimum atomic E-state index is 0.122. The summed E-state index contributed by atoms with van der Waals surface area (Å²) in [6.07, 6.45) is 8.83. The lowest BCUT2D eigenvalue weighted by atomic mass is 9.81. The standard InChI is InChI=1S/C16H30N2O2/c1-3-13-4-6-14(7-5-13)12-17-16(19)18-10-8-15(20-2)9-11-18/h13-15H,3-12H2,1-2H3,(H,17,19). The van der Waals surface area contributed by atoms with Crippen LogP contribution in [0, 0.1) is 11.8 Å². The largest absolute Gasteiger partial charge is 0.381 e. The van der Waals surface area contributed by atoms with Crippen molar-refractivity contribution in [3.63, 3.8) is 0 Å². The van der Waals surface area contributed by atoms with Gasteiger partial charge in [0.2, 0.25) is 0 Å². The fourth-order valence-electron chi connectivity index (χ4n) is 3.48.